The molecule has 0 amide bonds. The number of fused-ring (bicyclic) bond motifs is 3. The number of phenolic OH excluding ortho intramolecular Hbond substituents is 1. The second kappa shape index (κ2) is 7.68. The predicted molar refractivity (Wildman–Crippen MR) is 131 cm³/mol. The number of phenols is 1. The van der Waals surface area contributed by atoms with Gasteiger partial charge < -0.3 is 10.2 Å². The summed E-state index contributed by atoms with van der Waals surface area (Å²) in [7, 11) is 0. The van der Waals surface area contributed by atoms with Gasteiger partial charge in [0.05, 0.1) is 28.4 Å². The van der Waals surface area contributed by atoms with Crippen molar-refractivity contribution in [3.8, 4) is 17.0 Å². The van der Waals surface area contributed by atoms with Crippen LogP contribution >= 0.6 is 15.9 Å². The van der Waals surface area contributed by atoms with Gasteiger partial charge in [-0.25, -0.2) is 0 Å². The molecular weight excluding hydrogens is 535 g/mol. The largest absolute Gasteiger partial charge is 0.506 e. The number of halogens is 4. The van der Waals surface area contributed by atoms with Gasteiger partial charge in [-0.05, 0) is 100 Å². The molecule has 3 aromatic rings. The van der Waals surface area contributed by atoms with Crippen LogP contribution in [0.15, 0.2) is 53.2 Å². The molecule has 6 rings (SSSR count). The molecule has 1 aromatic heterocycles. The van der Waals surface area contributed by atoms with Crippen molar-refractivity contribution in [1.82, 2.24) is 15.0 Å². The van der Waals surface area contributed by atoms with E-state index in [2.05, 4.69) is 32.8 Å². The van der Waals surface area contributed by atoms with Crippen LogP contribution in [0.5, 0.6) is 5.75 Å². The molecule has 0 aliphatic heterocycles. The molecule has 2 N–H and O–H groups in total. The fraction of sp³-hybridized carbons (Fsp3) is 0.407. The van der Waals surface area contributed by atoms with E-state index in [1.165, 1.54) is 17.7 Å². The van der Waals surface area contributed by atoms with E-state index in [4.69, 9.17) is 0 Å². The van der Waals surface area contributed by atoms with Crippen molar-refractivity contribution in [3.05, 3.63) is 75.4 Å². The van der Waals surface area contributed by atoms with E-state index in [-0.39, 0.29) is 23.0 Å². The molecule has 188 valence electrons. The van der Waals surface area contributed by atoms with Gasteiger partial charge in [0.2, 0.25) is 0 Å². The van der Waals surface area contributed by atoms with E-state index in [0.29, 0.717) is 41.5 Å². The summed E-state index contributed by atoms with van der Waals surface area (Å²) >= 11 is 3.51. The van der Waals surface area contributed by atoms with Crippen molar-refractivity contribution in [2.75, 3.05) is 0 Å². The SMILES string of the molecule is C=C1C[C@]23C[C@@]1(O)CC[C@H]2c1cc(Br)c(O)c(C)c1[C@@H]3Cn1cc(-c2ccc(C(F)(F)F)cc2)nn1. The number of hydrogen-bond acceptors (Lipinski definition) is 4. The maximum absolute atomic E-state index is 12.9. The first-order chi connectivity index (χ1) is 16.9. The zero-order valence-corrected chi connectivity index (χ0v) is 21.2. The minimum Gasteiger partial charge on any atom is -0.506 e. The van der Waals surface area contributed by atoms with Gasteiger partial charge in [-0.2, -0.15) is 13.2 Å². The molecule has 4 atom stereocenters. The number of alkyl halides is 3. The smallest absolute Gasteiger partial charge is 0.416 e. The molecule has 3 aliphatic carbocycles. The molecule has 9 heteroatoms. The Morgan fingerprint density at radius 2 is 1.97 bits per heavy atom. The van der Waals surface area contributed by atoms with Gasteiger partial charge in [0.25, 0.3) is 0 Å². The van der Waals surface area contributed by atoms with Crippen molar-refractivity contribution in [3.63, 3.8) is 0 Å². The summed E-state index contributed by atoms with van der Waals surface area (Å²) in [6, 6.07) is 6.91. The normalized spacial score (nSPS) is 28.9. The lowest BCUT2D eigenvalue weighted by Crippen LogP contribution is -2.39. The third-order valence-electron chi connectivity index (χ3n) is 8.78. The van der Waals surface area contributed by atoms with Gasteiger partial charge in [0.15, 0.2) is 0 Å². The van der Waals surface area contributed by atoms with Gasteiger partial charge in [-0.15, -0.1) is 5.10 Å². The number of aliphatic hydroxyl groups is 1. The molecule has 2 saturated carbocycles. The van der Waals surface area contributed by atoms with Crippen LogP contribution in [0.25, 0.3) is 11.3 Å². The molecule has 3 aliphatic rings. The molecular formula is C27H25BrF3N3O2. The highest BCUT2D eigenvalue weighted by Crippen LogP contribution is 2.72. The van der Waals surface area contributed by atoms with Crippen LogP contribution in [0.3, 0.4) is 0 Å². The summed E-state index contributed by atoms with van der Waals surface area (Å²) in [5.41, 5.74) is 3.18. The van der Waals surface area contributed by atoms with Crippen LogP contribution in [0.2, 0.25) is 0 Å². The van der Waals surface area contributed by atoms with Crippen molar-refractivity contribution >= 4 is 15.9 Å². The minimum atomic E-state index is -4.40. The molecule has 1 heterocycles. The van der Waals surface area contributed by atoms with E-state index in [9.17, 15) is 23.4 Å². The summed E-state index contributed by atoms with van der Waals surface area (Å²) in [6.07, 6.45) is 0.173. The van der Waals surface area contributed by atoms with Gasteiger partial charge in [0, 0.05) is 11.5 Å². The number of aromatic nitrogens is 3. The Bertz CT molecular complexity index is 1400. The van der Waals surface area contributed by atoms with E-state index in [1.54, 1.807) is 10.9 Å². The minimum absolute atomic E-state index is 0.0373. The Labute approximate surface area is 214 Å². The van der Waals surface area contributed by atoms with E-state index >= 15 is 0 Å². The number of benzene rings is 2. The zero-order valence-electron chi connectivity index (χ0n) is 19.6. The third-order valence-corrected chi connectivity index (χ3v) is 9.38. The zero-order chi connectivity index (χ0) is 25.6. The first-order valence-electron chi connectivity index (χ1n) is 11.9. The van der Waals surface area contributed by atoms with Crippen LogP contribution in [0.1, 0.15) is 59.8 Å². The van der Waals surface area contributed by atoms with E-state index < -0.39 is 17.3 Å². The lowest BCUT2D eigenvalue weighted by atomic mass is 9.63. The predicted octanol–water partition coefficient (Wildman–Crippen LogP) is 6.48. The topological polar surface area (TPSA) is 71.2 Å². The Morgan fingerprint density at radius 1 is 1.25 bits per heavy atom. The summed E-state index contributed by atoms with van der Waals surface area (Å²) in [6.45, 7) is 6.63. The van der Waals surface area contributed by atoms with Gasteiger partial charge in [-0.1, -0.05) is 23.9 Å². The first kappa shape index (κ1) is 23.7. The van der Waals surface area contributed by atoms with Crippen molar-refractivity contribution in [1.29, 1.82) is 0 Å². The number of nitrogens with zero attached hydrogens (tertiary/aromatic N) is 3. The Kier molecular flexibility index (Phi) is 5.06. The highest BCUT2D eigenvalue weighted by atomic mass is 79.9. The molecule has 2 fully saturated rings. The third kappa shape index (κ3) is 3.31. The molecule has 2 bridgehead atoms. The number of aromatic hydroxyl groups is 1. The van der Waals surface area contributed by atoms with Crippen molar-refractivity contribution in [2.45, 2.75) is 62.8 Å². The molecule has 5 nitrogen and oxygen atoms in total. The first-order valence-corrected chi connectivity index (χ1v) is 12.7. The van der Waals surface area contributed by atoms with Gasteiger partial charge in [-0.3, -0.25) is 4.68 Å². The van der Waals surface area contributed by atoms with E-state index in [1.807, 2.05) is 13.0 Å². The van der Waals surface area contributed by atoms with Crippen LogP contribution < -0.4 is 0 Å². The lowest BCUT2D eigenvalue weighted by Gasteiger charge is -2.42. The number of hydrogen-bond donors (Lipinski definition) is 2. The summed E-state index contributed by atoms with van der Waals surface area (Å²) in [5, 5.41) is 30.6. The average molecular weight is 560 g/mol. The number of rotatable bonds is 3. The highest BCUT2D eigenvalue weighted by Gasteiger charge is 2.64. The molecule has 0 unspecified atom stereocenters. The standard InChI is InChI=1S/C27H25BrF3N3O2/c1-14-10-25-13-26(14,36)8-7-19(25)18-9-21(28)24(35)15(2)23(18)20(25)11-34-12-22(32-33-34)16-3-5-17(6-4-16)27(29,30)31/h3-6,9,12,19-20,35-36H,1,7-8,10-11,13H2,2H3/t19-,20-,25-,26-/m0/s1. The molecule has 0 radical (unpaired) electrons. The van der Waals surface area contributed by atoms with Gasteiger partial charge >= 0.3 is 6.18 Å². The maximum Gasteiger partial charge on any atom is 0.416 e. The second-order valence-corrected chi connectivity index (χ2v) is 11.5. The summed E-state index contributed by atoms with van der Waals surface area (Å²) in [5.74, 6) is 0.403. The fourth-order valence-corrected chi connectivity index (χ4v) is 7.63. The molecule has 2 aromatic carbocycles. The Balaban J connectivity index is 1.39. The van der Waals surface area contributed by atoms with E-state index in [0.717, 1.165) is 35.3 Å². The van der Waals surface area contributed by atoms with Crippen LogP contribution in [-0.4, -0.2) is 30.8 Å². The highest BCUT2D eigenvalue weighted by molar-refractivity contribution is 9.10. The van der Waals surface area contributed by atoms with Crippen LogP contribution in [-0.2, 0) is 12.7 Å². The Hall–Kier alpha value is -2.65. The summed E-state index contributed by atoms with van der Waals surface area (Å²) < 4.78 is 41.2. The fourth-order valence-electron chi connectivity index (χ4n) is 7.08. The van der Waals surface area contributed by atoms with Gasteiger partial charge in [0.1, 0.15) is 11.4 Å². The van der Waals surface area contributed by atoms with Crippen molar-refractivity contribution in [2.24, 2.45) is 5.41 Å². The van der Waals surface area contributed by atoms with Crippen molar-refractivity contribution < 1.29 is 23.4 Å². The second-order valence-electron chi connectivity index (χ2n) is 10.6. The lowest BCUT2D eigenvalue weighted by molar-refractivity contribution is -0.137. The molecule has 0 saturated heterocycles. The summed E-state index contributed by atoms with van der Waals surface area (Å²) in [4.78, 5) is 0. The Morgan fingerprint density at radius 3 is 2.67 bits per heavy atom. The monoisotopic (exact) mass is 559 g/mol. The molecule has 36 heavy (non-hydrogen) atoms. The molecule has 1 spiro atoms. The quantitative estimate of drug-likeness (QED) is 0.360. The average Bonchev–Trinajstić information content (AvgIpc) is 3.44. The van der Waals surface area contributed by atoms with Crippen LogP contribution in [0.4, 0.5) is 13.2 Å². The maximum atomic E-state index is 12.9. The van der Waals surface area contributed by atoms with Crippen LogP contribution in [0, 0.1) is 12.3 Å².